The molecule has 1 rings (SSSR count). The summed E-state index contributed by atoms with van der Waals surface area (Å²) in [4.78, 5) is 10.9. The maximum atomic E-state index is 12.0. The SMILES string of the molecule is COC(=O)CCc1ccc(OC(F)(F)F)c(C)c1. The largest absolute Gasteiger partial charge is 0.573 e. The highest BCUT2D eigenvalue weighted by molar-refractivity contribution is 5.69. The van der Waals surface area contributed by atoms with Gasteiger partial charge >= 0.3 is 12.3 Å². The number of hydrogen-bond donors (Lipinski definition) is 0. The normalized spacial score (nSPS) is 11.2. The van der Waals surface area contributed by atoms with Crippen molar-refractivity contribution in [1.29, 1.82) is 0 Å². The number of hydrogen-bond acceptors (Lipinski definition) is 3. The summed E-state index contributed by atoms with van der Waals surface area (Å²) in [6.07, 6.45) is -4.09. The Morgan fingerprint density at radius 3 is 2.50 bits per heavy atom. The Hall–Kier alpha value is -1.72. The van der Waals surface area contributed by atoms with Crippen LogP contribution in [-0.2, 0) is 16.0 Å². The minimum Gasteiger partial charge on any atom is -0.469 e. The van der Waals surface area contributed by atoms with E-state index in [4.69, 9.17) is 0 Å². The van der Waals surface area contributed by atoms with E-state index >= 15 is 0 Å². The molecule has 0 spiro atoms. The molecule has 3 nitrogen and oxygen atoms in total. The Kier molecular flexibility index (Phi) is 4.58. The molecule has 0 aliphatic carbocycles. The number of rotatable bonds is 4. The van der Waals surface area contributed by atoms with Gasteiger partial charge in [-0.2, -0.15) is 0 Å². The molecule has 0 fully saturated rings. The first-order valence-corrected chi connectivity index (χ1v) is 5.24. The second kappa shape index (κ2) is 5.75. The average molecular weight is 262 g/mol. The highest BCUT2D eigenvalue weighted by Gasteiger charge is 2.31. The molecule has 0 N–H and O–H groups in total. The molecule has 18 heavy (non-hydrogen) atoms. The van der Waals surface area contributed by atoms with Crippen LogP contribution >= 0.6 is 0 Å². The zero-order valence-electron chi connectivity index (χ0n) is 10.0. The standard InChI is InChI=1S/C12H13F3O3/c1-8-7-9(4-6-11(16)17-2)3-5-10(8)18-12(13,14)15/h3,5,7H,4,6H2,1-2H3. The van der Waals surface area contributed by atoms with Gasteiger partial charge in [-0.1, -0.05) is 12.1 Å². The number of esters is 1. The van der Waals surface area contributed by atoms with Crippen molar-refractivity contribution in [2.75, 3.05) is 7.11 Å². The third-order valence-corrected chi connectivity index (χ3v) is 2.31. The Morgan fingerprint density at radius 2 is 2.00 bits per heavy atom. The summed E-state index contributed by atoms with van der Waals surface area (Å²) in [5.74, 6) is -0.590. The number of methoxy groups -OCH3 is 1. The molecule has 0 unspecified atom stereocenters. The van der Waals surface area contributed by atoms with Crippen LogP contribution in [0.25, 0.3) is 0 Å². The predicted octanol–water partition coefficient (Wildman–Crippen LogP) is 3.00. The lowest BCUT2D eigenvalue weighted by molar-refractivity contribution is -0.274. The smallest absolute Gasteiger partial charge is 0.469 e. The molecule has 0 radical (unpaired) electrons. The summed E-state index contributed by atoms with van der Waals surface area (Å²) in [5, 5.41) is 0. The molecule has 0 bridgehead atoms. The molecule has 0 amide bonds. The van der Waals surface area contributed by atoms with Gasteiger partial charge in [0.1, 0.15) is 5.75 Å². The van der Waals surface area contributed by atoms with Crippen molar-refractivity contribution in [3.8, 4) is 5.75 Å². The van der Waals surface area contributed by atoms with Gasteiger partial charge in [0.2, 0.25) is 0 Å². The minimum atomic E-state index is -4.70. The molecule has 0 saturated carbocycles. The quantitative estimate of drug-likeness (QED) is 0.782. The van der Waals surface area contributed by atoms with Crippen LogP contribution in [0.2, 0.25) is 0 Å². The van der Waals surface area contributed by atoms with E-state index in [1.54, 1.807) is 6.07 Å². The monoisotopic (exact) mass is 262 g/mol. The molecule has 0 aliphatic heterocycles. The number of halogens is 3. The van der Waals surface area contributed by atoms with Gasteiger partial charge in [-0.25, -0.2) is 0 Å². The van der Waals surface area contributed by atoms with Crippen LogP contribution in [0, 0.1) is 6.92 Å². The molecule has 0 saturated heterocycles. The molecule has 0 heterocycles. The summed E-state index contributed by atoms with van der Waals surface area (Å²) in [5.41, 5.74) is 1.13. The summed E-state index contributed by atoms with van der Waals surface area (Å²) >= 11 is 0. The van der Waals surface area contributed by atoms with Crippen molar-refractivity contribution in [2.45, 2.75) is 26.1 Å². The molecule has 1 aromatic rings. The Bertz CT molecular complexity index is 427. The van der Waals surface area contributed by atoms with Gasteiger partial charge in [0, 0.05) is 6.42 Å². The second-order valence-corrected chi connectivity index (χ2v) is 3.72. The lowest BCUT2D eigenvalue weighted by Crippen LogP contribution is -2.17. The number of ether oxygens (including phenoxy) is 2. The van der Waals surface area contributed by atoms with Crippen molar-refractivity contribution < 1.29 is 27.4 Å². The van der Waals surface area contributed by atoms with Gasteiger partial charge < -0.3 is 9.47 Å². The molecular formula is C12H13F3O3. The highest BCUT2D eigenvalue weighted by Crippen LogP contribution is 2.26. The van der Waals surface area contributed by atoms with E-state index in [-0.39, 0.29) is 18.1 Å². The maximum Gasteiger partial charge on any atom is 0.573 e. The van der Waals surface area contributed by atoms with Crippen LogP contribution < -0.4 is 4.74 Å². The van der Waals surface area contributed by atoms with E-state index in [1.807, 2.05) is 0 Å². The molecule has 0 aliphatic rings. The third-order valence-electron chi connectivity index (χ3n) is 2.31. The molecular weight excluding hydrogens is 249 g/mol. The second-order valence-electron chi connectivity index (χ2n) is 3.72. The van der Waals surface area contributed by atoms with Gasteiger partial charge in [0.15, 0.2) is 0 Å². The van der Waals surface area contributed by atoms with Crippen LogP contribution in [0.15, 0.2) is 18.2 Å². The van der Waals surface area contributed by atoms with E-state index in [0.717, 1.165) is 5.56 Å². The first-order valence-electron chi connectivity index (χ1n) is 5.24. The average Bonchev–Trinajstić information content (AvgIpc) is 2.27. The molecule has 0 atom stereocenters. The number of carbonyl (C=O) groups excluding carboxylic acids is 1. The number of benzene rings is 1. The number of carbonyl (C=O) groups is 1. The van der Waals surface area contributed by atoms with E-state index < -0.39 is 6.36 Å². The van der Waals surface area contributed by atoms with Crippen LogP contribution in [0.1, 0.15) is 17.5 Å². The summed E-state index contributed by atoms with van der Waals surface area (Å²) in [7, 11) is 1.29. The number of aryl methyl sites for hydroxylation is 2. The zero-order valence-corrected chi connectivity index (χ0v) is 10.0. The first kappa shape index (κ1) is 14.3. The van der Waals surface area contributed by atoms with E-state index in [2.05, 4.69) is 9.47 Å². The lowest BCUT2D eigenvalue weighted by Gasteiger charge is -2.12. The molecule has 1 aromatic carbocycles. The van der Waals surface area contributed by atoms with E-state index in [9.17, 15) is 18.0 Å². The first-order chi connectivity index (χ1) is 8.31. The Labute approximate surface area is 103 Å². The van der Waals surface area contributed by atoms with E-state index in [1.165, 1.54) is 26.2 Å². The fraction of sp³-hybridized carbons (Fsp3) is 0.417. The van der Waals surface area contributed by atoms with Gasteiger partial charge in [-0.05, 0) is 30.5 Å². The summed E-state index contributed by atoms with van der Waals surface area (Å²) in [6.45, 7) is 1.52. The third kappa shape index (κ3) is 4.65. The van der Waals surface area contributed by atoms with Crippen molar-refractivity contribution >= 4 is 5.97 Å². The molecule has 0 aromatic heterocycles. The minimum absolute atomic E-state index is 0.190. The number of alkyl halides is 3. The van der Waals surface area contributed by atoms with Crippen LogP contribution in [0.5, 0.6) is 5.75 Å². The Morgan fingerprint density at radius 1 is 1.33 bits per heavy atom. The summed E-state index contributed by atoms with van der Waals surface area (Å²) < 4.78 is 44.4. The van der Waals surface area contributed by atoms with E-state index in [0.29, 0.717) is 12.0 Å². The molecule has 100 valence electrons. The highest BCUT2D eigenvalue weighted by atomic mass is 19.4. The van der Waals surface area contributed by atoms with Gasteiger partial charge in [0.05, 0.1) is 7.11 Å². The van der Waals surface area contributed by atoms with Gasteiger partial charge in [0.25, 0.3) is 0 Å². The van der Waals surface area contributed by atoms with Crippen LogP contribution in [0.3, 0.4) is 0 Å². The molecule has 6 heteroatoms. The van der Waals surface area contributed by atoms with Crippen LogP contribution in [0.4, 0.5) is 13.2 Å². The fourth-order valence-corrected chi connectivity index (χ4v) is 1.45. The topological polar surface area (TPSA) is 35.5 Å². The van der Waals surface area contributed by atoms with Crippen molar-refractivity contribution in [1.82, 2.24) is 0 Å². The fourth-order valence-electron chi connectivity index (χ4n) is 1.45. The van der Waals surface area contributed by atoms with Crippen molar-refractivity contribution in [3.05, 3.63) is 29.3 Å². The summed E-state index contributed by atoms with van der Waals surface area (Å²) in [6, 6.07) is 4.30. The van der Waals surface area contributed by atoms with Crippen LogP contribution in [-0.4, -0.2) is 19.4 Å². The van der Waals surface area contributed by atoms with Crippen molar-refractivity contribution in [3.63, 3.8) is 0 Å². The predicted molar refractivity (Wildman–Crippen MR) is 58.2 cm³/mol. The maximum absolute atomic E-state index is 12.0. The zero-order chi connectivity index (χ0) is 13.8. The van der Waals surface area contributed by atoms with Gasteiger partial charge in [-0.3, -0.25) is 4.79 Å². The van der Waals surface area contributed by atoms with Gasteiger partial charge in [-0.15, -0.1) is 13.2 Å². The Balaban J connectivity index is 2.70. The van der Waals surface area contributed by atoms with Crippen molar-refractivity contribution in [2.24, 2.45) is 0 Å². The lowest BCUT2D eigenvalue weighted by atomic mass is 10.1.